The van der Waals surface area contributed by atoms with Crippen molar-refractivity contribution in [2.75, 3.05) is 36.6 Å². The van der Waals surface area contributed by atoms with Gasteiger partial charge in [-0.15, -0.1) is 0 Å². The molecule has 10 heteroatoms. The van der Waals surface area contributed by atoms with Crippen molar-refractivity contribution in [2.45, 2.75) is 13.0 Å². The van der Waals surface area contributed by atoms with Crippen molar-refractivity contribution in [3.63, 3.8) is 0 Å². The summed E-state index contributed by atoms with van der Waals surface area (Å²) in [6, 6.07) is 5.10. The van der Waals surface area contributed by atoms with Gasteiger partial charge in [0.2, 0.25) is 0 Å². The number of ether oxygens (including phenoxy) is 1. The normalized spacial score (nSPS) is 20.1. The van der Waals surface area contributed by atoms with E-state index in [1.165, 1.54) is 0 Å². The second-order valence-corrected chi connectivity index (χ2v) is 7.56. The maximum absolute atomic E-state index is 11.7. The highest BCUT2D eigenvalue weighted by Crippen LogP contribution is 2.27. The van der Waals surface area contributed by atoms with Gasteiger partial charge in [0.05, 0.1) is 19.3 Å². The van der Waals surface area contributed by atoms with Gasteiger partial charge in [-0.3, -0.25) is 0 Å². The summed E-state index contributed by atoms with van der Waals surface area (Å²) in [6.07, 6.45) is 2.69. The molecule has 0 saturated carbocycles. The molecule has 2 aromatic heterocycles. The first kappa shape index (κ1) is 17.5. The number of morpholine rings is 1. The molecule has 3 N–H and O–H groups in total. The second kappa shape index (κ2) is 6.90. The number of rotatable bonds is 3. The predicted molar refractivity (Wildman–Crippen MR) is 96.1 cm³/mol. The van der Waals surface area contributed by atoms with E-state index in [0.717, 1.165) is 6.26 Å². The Morgan fingerprint density at radius 3 is 2.92 bits per heavy atom. The number of anilines is 2. The fraction of sp³-hybridized carbons (Fsp3) is 0.400. The van der Waals surface area contributed by atoms with Gasteiger partial charge in [0.25, 0.3) is 0 Å². The molecular weight excluding hydrogens is 344 g/mol. The molecule has 1 unspecified atom stereocenters. The zero-order valence-corrected chi connectivity index (χ0v) is 14.8. The van der Waals surface area contributed by atoms with Crippen LogP contribution in [-0.4, -0.2) is 55.8 Å². The Balaban J connectivity index is 2.13. The first-order valence-corrected chi connectivity index (χ1v) is 9.60. The average Bonchev–Trinajstić information content (AvgIpc) is 2.53. The summed E-state index contributed by atoms with van der Waals surface area (Å²) in [5.41, 5.74) is 6.40. The Kier molecular flexibility index (Phi) is 4.84. The topological polar surface area (TPSA) is 127 Å². The highest BCUT2D eigenvalue weighted by atomic mass is 32.2. The summed E-state index contributed by atoms with van der Waals surface area (Å²) in [5.74, 6) is 1.47. The number of nitrogens with zero attached hydrogens (tertiary/aromatic N) is 5. The first-order valence-electron chi connectivity index (χ1n) is 7.72. The summed E-state index contributed by atoms with van der Waals surface area (Å²) in [4.78, 5) is 14.9. The van der Waals surface area contributed by atoms with E-state index in [-0.39, 0.29) is 11.9 Å². The van der Waals surface area contributed by atoms with Crippen LogP contribution in [0.3, 0.4) is 0 Å². The van der Waals surface area contributed by atoms with Crippen LogP contribution in [0.4, 0.5) is 17.5 Å². The fourth-order valence-electron chi connectivity index (χ4n) is 2.57. The number of aromatic nitrogens is 3. The Labute approximate surface area is 146 Å². The van der Waals surface area contributed by atoms with Gasteiger partial charge in [-0.2, -0.15) is 4.36 Å². The van der Waals surface area contributed by atoms with Gasteiger partial charge in [-0.05, 0) is 19.1 Å². The molecule has 25 heavy (non-hydrogen) atoms. The molecule has 3 rings (SSSR count). The highest BCUT2D eigenvalue weighted by Gasteiger charge is 2.22. The van der Waals surface area contributed by atoms with Crippen LogP contribution >= 0.6 is 0 Å². The van der Waals surface area contributed by atoms with E-state index < -0.39 is 10.0 Å². The molecule has 3 heterocycles. The Bertz CT molecular complexity index is 889. The van der Waals surface area contributed by atoms with E-state index in [0.29, 0.717) is 42.8 Å². The molecule has 0 radical (unpaired) electrons. The van der Waals surface area contributed by atoms with E-state index in [9.17, 15) is 8.76 Å². The van der Waals surface area contributed by atoms with Crippen LogP contribution < -0.4 is 10.6 Å². The van der Waals surface area contributed by atoms with Crippen molar-refractivity contribution in [1.82, 2.24) is 15.0 Å². The minimum absolute atomic E-state index is 0.118. The van der Waals surface area contributed by atoms with Gasteiger partial charge >= 0.3 is 0 Å². The third-order valence-electron chi connectivity index (χ3n) is 3.66. The van der Waals surface area contributed by atoms with Crippen molar-refractivity contribution in [3.05, 3.63) is 24.4 Å². The van der Waals surface area contributed by atoms with E-state index in [1.54, 1.807) is 24.4 Å². The van der Waals surface area contributed by atoms with Crippen LogP contribution in [0.25, 0.3) is 11.4 Å². The molecule has 0 aromatic carbocycles. The van der Waals surface area contributed by atoms with Crippen LogP contribution in [-0.2, 0) is 14.7 Å². The van der Waals surface area contributed by atoms with Crippen LogP contribution in [0.1, 0.15) is 6.92 Å². The Morgan fingerprint density at radius 1 is 1.44 bits per heavy atom. The lowest BCUT2D eigenvalue weighted by molar-refractivity contribution is 0.0985. The zero-order valence-electron chi connectivity index (χ0n) is 14.0. The van der Waals surface area contributed by atoms with Crippen LogP contribution in [0.15, 0.2) is 28.8 Å². The molecule has 0 bridgehead atoms. The molecule has 0 aliphatic carbocycles. The smallest absolute Gasteiger partial charge is 0.169 e. The summed E-state index contributed by atoms with van der Waals surface area (Å²) >= 11 is 0. The highest BCUT2D eigenvalue weighted by molar-refractivity contribution is 7.87. The minimum Gasteiger partial charge on any atom is -0.384 e. The lowest BCUT2D eigenvalue weighted by Crippen LogP contribution is -2.44. The molecule has 1 aliphatic heterocycles. The molecule has 1 saturated heterocycles. The number of nitrogens with two attached hydrogens (primary N) is 1. The Morgan fingerprint density at radius 2 is 2.24 bits per heavy atom. The lowest BCUT2D eigenvalue weighted by Gasteiger charge is -2.34. The number of hydrogen-bond acceptors (Lipinski definition) is 8. The monoisotopic (exact) mass is 364 g/mol. The standard InChI is InChI=1S/C15H20N6O3S/c1-10-9-24-6-5-21(10)14-8-13(20-25(2,22)23)18-15(19-14)11-3-4-17-12(16)7-11/h3-4,7-8,10H,5-6,9H2,1-2H3,(H2,16,17)(H,18,19,20,22,23)/t10-/m1/s1. The van der Waals surface area contributed by atoms with Gasteiger partial charge in [0.1, 0.15) is 11.6 Å². The molecule has 2 atom stereocenters. The zero-order chi connectivity index (χ0) is 18.0. The fourth-order valence-corrected chi connectivity index (χ4v) is 3.01. The predicted octanol–water partition coefficient (Wildman–Crippen LogP) is 1.55. The summed E-state index contributed by atoms with van der Waals surface area (Å²) in [7, 11) is -3.34. The summed E-state index contributed by atoms with van der Waals surface area (Å²) in [5, 5.41) is 0. The lowest BCUT2D eigenvalue weighted by atomic mass is 10.2. The third-order valence-corrected chi connectivity index (χ3v) is 4.19. The van der Waals surface area contributed by atoms with Crippen molar-refractivity contribution in [3.8, 4) is 11.4 Å². The maximum atomic E-state index is 11.7. The average molecular weight is 364 g/mol. The minimum atomic E-state index is -3.34. The quantitative estimate of drug-likeness (QED) is 0.840. The molecular formula is C15H20N6O3S. The molecule has 134 valence electrons. The van der Waals surface area contributed by atoms with Gasteiger partial charge in [-0.1, -0.05) is 0 Å². The maximum Gasteiger partial charge on any atom is 0.169 e. The summed E-state index contributed by atoms with van der Waals surface area (Å²) in [6.45, 7) is 3.86. The van der Waals surface area contributed by atoms with E-state index >= 15 is 0 Å². The Hall–Kier alpha value is -2.30. The van der Waals surface area contributed by atoms with Crippen molar-refractivity contribution >= 4 is 27.5 Å². The van der Waals surface area contributed by atoms with Crippen LogP contribution in [0, 0.1) is 0 Å². The van der Waals surface area contributed by atoms with Gasteiger partial charge in [-0.25, -0.2) is 19.2 Å². The molecule has 1 fully saturated rings. The van der Waals surface area contributed by atoms with Crippen molar-refractivity contribution in [1.29, 1.82) is 0 Å². The molecule has 1 aliphatic rings. The molecule has 0 spiro atoms. The van der Waals surface area contributed by atoms with Crippen LogP contribution in [0.5, 0.6) is 0 Å². The number of pyridine rings is 1. The van der Waals surface area contributed by atoms with E-state index in [2.05, 4.69) is 24.2 Å². The number of hydrogen-bond donors (Lipinski definition) is 2. The van der Waals surface area contributed by atoms with E-state index in [4.69, 9.17) is 10.5 Å². The van der Waals surface area contributed by atoms with Gasteiger partial charge < -0.3 is 19.9 Å². The molecule has 9 nitrogen and oxygen atoms in total. The molecule has 2 aromatic rings. The number of nitrogen functional groups attached to an aromatic ring is 1. The largest absolute Gasteiger partial charge is 0.384 e. The first-order chi connectivity index (χ1) is 11.8. The second-order valence-electron chi connectivity index (χ2n) is 5.85. The third kappa shape index (κ3) is 4.41. The van der Waals surface area contributed by atoms with Gasteiger partial charge in [0.15, 0.2) is 21.7 Å². The summed E-state index contributed by atoms with van der Waals surface area (Å²) < 4.78 is 30.5. The van der Waals surface area contributed by atoms with Crippen LogP contribution in [0.2, 0.25) is 0 Å². The SMILES string of the molecule is C[C@@H]1COCCN1c1cc(N=S(C)(=O)O)nc(-c2ccnc(N)c2)n1. The van der Waals surface area contributed by atoms with Crippen molar-refractivity contribution in [2.24, 2.45) is 4.36 Å². The van der Waals surface area contributed by atoms with Gasteiger partial charge in [0, 0.05) is 30.6 Å². The van der Waals surface area contributed by atoms with E-state index in [1.807, 2.05) is 6.92 Å². The van der Waals surface area contributed by atoms with Crippen molar-refractivity contribution < 1.29 is 13.5 Å². The molecule has 0 amide bonds.